The molecule has 1 saturated heterocycles. The molecule has 28 heavy (non-hydrogen) atoms. The Morgan fingerprint density at radius 3 is 3.14 bits per heavy atom. The zero-order valence-electron chi connectivity index (χ0n) is 14.5. The lowest BCUT2D eigenvalue weighted by Crippen LogP contribution is -2.44. The number of fused-ring (bicyclic) bond motifs is 1. The molecule has 1 aliphatic rings. The minimum Gasteiger partial charge on any atom is -0.394 e. The van der Waals surface area contributed by atoms with Crippen LogP contribution >= 0.6 is 0 Å². The number of nitrogens with one attached hydrogen (secondary N) is 2. The second-order valence-electron chi connectivity index (χ2n) is 6.17. The Balaban J connectivity index is 1.61. The van der Waals surface area contributed by atoms with Gasteiger partial charge in [0.1, 0.15) is 11.4 Å². The zero-order valence-corrected chi connectivity index (χ0v) is 14.5. The highest BCUT2D eigenvalue weighted by atomic mass is 19.3. The van der Waals surface area contributed by atoms with Gasteiger partial charge >= 0.3 is 0 Å². The minimum absolute atomic E-state index is 0.101. The highest BCUT2D eigenvalue weighted by Crippen LogP contribution is 2.25. The fourth-order valence-electron chi connectivity index (χ4n) is 2.99. The van der Waals surface area contributed by atoms with Crippen molar-refractivity contribution in [3.63, 3.8) is 0 Å². The molecule has 0 unspecified atom stereocenters. The molecule has 0 bridgehead atoms. The van der Waals surface area contributed by atoms with E-state index in [1.54, 1.807) is 12.3 Å². The standard InChI is InChI=1S/C16H17F2N7O3/c17-14(18)13-11(6-19-23-13)21-16(27)10-5-20-25-2-1-12(22-15(10)25)24-3-4-28-9(7-24)8-26/h1-2,5-6,9,14,26H,3-4,7-8H2,(H,19,23)(H,21,27)/t9-/m1/s1. The Labute approximate surface area is 157 Å². The van der Waals surface area contributed by atoms with Crippen LogP contribution in [0.15, 0.2) is 24.7 Å². The van der Waals surface area contributed by atoms with E-state index in [2.05, 4.69) is 25.6 Å². The second kappa shape index (κ2) is 7.48. The first-order valence-corrected chi connectivity index (χ1v) is 8.51. The lowest BCUT2D eigenvalue weighted by Gasteiger charge is -2.32. The first kappa shape index (κ1) is 18.3. The normalized spacial score (nSPS) is 17.4. The van der Waals surface area contributed by atoms with Crippen molar-refractivity contribution in [2.45, 2.75) is 12.5 Å². The van der Waals surface area contributed by atoms with Crippen molar-refractivity contribution < 1.29 is 23.4 Å². The molecule has 10 nitrogen and oxygen atoms in total. The van der Waals surface area contributed by atoms with Gasteiger partial charge in [-0.3, -0.25) is 9.89 Å². The maximum absolute atomic E-state index is 12.9. The summed E-state index contributed by atoms with van der Waals surface area (Å²) in [5.41, 5.74) is -0.226. The van der Waals surface area contributed by atoms with E-state index in [-0.39, 0.29) is 29.6 Å². The number of H-pyrrole nitrogens is 1. The van der Waals surface area contributed by atoms with Crippen molar-refractivity contribution in [3.8, 4) is 0 Å². The van der Waals surface area contributed by atoms with Gasteiger partial charge in [0.05, 0.1) is 31.2 Å². The maximum Gasteiger partial charge on any atom is 0.284 e. The van der Waals surface area contributed by atoms with Crippen LogP contribution in [0.2, 0.25) is 0 Å². The number of aromatic amines is 1. The topological polar surface area (TPSA) is 121 Å². The summed E-state index contributed by atoms with van der Waals surface area (Å²) in [5, 5.41) is 21.5. The molecule has 4 heterocycles. The number of carbonyl (C=O) groups is 1. The molecule has 3 aromatic rings. The summed E-state index contributed by atoms with van der Waals surface area (Å²) in [4.78, 5) is 19.0. The Kier molecular flexibility index (Phi) is 4.88. The molecular formula is C16H17F2N7O3. The number of carbonyl (C=O) groups excluding carboxylic acids is 1. The van der Waals surface area contributed by atoms with Gasteiger partial charge in [-0.05, 0) is 6.07 Å². The third kappa shape index (κ3) is 3.39. The summed E-state index contributed by atoms with van der Waals surface area (Å²) in [5.74, 6) is -0.0291. The van der Waals surface area contributed by atoms with Crippen LogP contribution in [0, 0.1) is 0 Å². The van der Waals surface area contributed by atoms with E-state index >= 15 is 0 Å². The molecule has 1 fully saturated rings. The van der Waals surface area contributed by atoms with Crippen LogP contribution < -0.4 is 10.2 Å². The van der Waals surface area contributed by atoms with E-state index in [1.165, 1.54) is 16.9 Å². The zero-order chi connectivity index (χ0) is 19.7. The fraction of sp³-hybridized carbons (Fsp3) is 0.375. The summed E-state index contributed by atoms with van der Waals surface area (Å²) in [7, 11) is 0. The molecule has 1 aliphatic heterocycles. The number of ether oxygens (including phenoxy) is 1. The van der Waals surface area contributed by atoms with Gasteiger partial charge in [-0.25, -0.2) is 18.3 Å². The lowest BCUT2D eigenvalue weighted by atomic mass is 10.2. The van der Waals surface area contributed by atoms with Crippen LogP contribution in [0.1, 0.15) is 22.5 Å². The summed E-state index contributed by atoms with van der Waals surface area (Å²) in [6, 6.07) is 1.74. The molecule has 3 aromatic heterocycles. The number of morpholine rings is 1. The first-order valence-electron chi connectivity index (χ1n) is 8.51. The Morgan fingerprint density at radius 1 is 1.50 bits per heavy atom. The number of aliphatic hydroxyl groups excluding tert-OH is 1. The van der Waals surface area contributed by atoms with Crippen molar-refractivity contribution in [3.05, 3.63) is 35.9 Å². The van der Waals surface area contributed by atoms with E-state index in [4.69, 9.17) is 4.74 Å². The molecule has 0 spiro atoms. The second-order valence-corrected chi connectivity index (χ2v) is 6.17. The molecule has 0 saturated carbocycles. The Morgan fingerprint density at radius 2 is 2.36 bits per heavy atom. The summed E-state index contributed by atoms with van der Waals surface area (Å²) >= 11 is 0. The van der Waals surface area contributed by atoms with Crippen LogP contribution in [0.4, 0.5) is 20.3 Å². The molecule has 1 amide bonds. The van der Waals surface area contributed by atoms with Gasteiger partial charge in [-0.1, -0.05) is 0 Å². The number of aliphatic hydroxyl groups is 1. The maximum atomic E-state index is 12.9. The van der Waals surface area contributed by atoms with Crippen LogP contribution in [0.5, 0.6) is 0 Å². The monoisotopic (exact) mass is 393 g/mol. The SMILES string of the molecule is O=C(Nc1c[nH]nc1C(F)F)c1cnn2ccc(N3CCO[C@@H](CO)C3)nc12. The molecule has 0 aromatic carbocycles. The number of rotatable bonds is 5. The van der Waals surface area contributed by atoms with Crippen LogP contribution in [-0.4, -0.2) is 68.2 Å². The third-order valence-electron chi connectivity index (χ3n) is 4.39. The summed E-state index contributed by atoms with van der Waals surface area (Å²) < 4.78 is 32.7. The molecule has 12 heteroatoms. The number of halogens is 2. The van der Waals surface area contributed by atoms with Crippen molar-refractivity contribution in [1.82, 2.24) is 24.8 Å². The molecule has 0 radical (unpaired) electrons. The minimum atomic E-state index is -2.82. The smallest absolute Gasteiger partial charge is 0.284 e. The number of hydrogen-bond donors (Lipinski definition) is 3. The first-order chi connectivity index (χ1) is 13.6. The van der Waals surface area contributed by atoms with Gasteiger partial charge < -0.3 is 20.1 Å². The van der Waals surface area contributed by atoms with Crippen molar-refractivity contribution in [1.29, 1.82) is 0 Å². The van der Waals surface area contributed by atoms with Crippen LogP contribution in [0.25, 0.3) is 5.65 Å². The fourth-order valence-corrected chi connectivity index (χ4v) is 2.99. The van der Waals surface area contributed by atoms with E-state index in [0.717, 1.165) is 0 Å². The average Bonchev–Trinajstić information content (AvgIpc) is 3.34. The number of anilines is 2. The number of nitrogens with zero attached hydrogens (tertiary/aromatic N) is 5. The number of alkyl halides is 2. The van der Waals surface area contributed by atoms with Gasteiger partial charge in [0.25, 0.3) is 12.3 Å². The highest BCUT2D eigenvalue weighted by Gasteiger charge is 2.23. The van der Waals surface area contributed by atoms with Crippen molar-refractivity contribution in [2.75, 3.05) is 36.5 Å². The van der Waals surface area contributed by atoms with E-state index < -0.39 is 18.0 Å². The van der Waals surface area contributed by atoms with Gasteiger partial charge in [0.15, 0.2) is 11.3 Å². The van der Waals surface area contributed by atoms with Crippen molar-refractivity contribution in [2.24, 2.45) is 0 Å². The molecule has 148 valence electrons. The molecule has 1 atom stereocenters. The van der Waals surface area contributed by atoms with Gasteiger partial charge in [0.2, 0.25) is 0 Å². The molecular weight excluding hydrogens is 376 g/mol. The molecule has 3 N–H and O–H groups in total. The van der Waals surface area contributed by atoms with Gasteiger partial charge in [-0.2, -0.15) is 10.2 Å². The Bertz CT molecular complexity index is 990. The van der Waals surface area contributed by atoms with E-state index in [9.17, 15) is 18.7 Å². The molecule has 0 aliphatic carbocycles. The predicted octanol–water partition coefficient (Wildman–Crippen LogP) is 0.840. The van der Waals surface area contributed by atoms with E-state index in [0.29, 0.717) is 25.5 Å². The quantitative estimate of drug-likeness (QED) is 0.587. The highest BCUT2D eigenvalue weighted by molar-refractivity contribution is 6.08. The largest absolute Gasteiger partial charge is 0.394 e. The van der Waals surface area contributed by atoms with Crippen molar-refractivity contribution >= 4 is 23.1 Å². The molecule has 4 rings (SSSR count). The van der Waals surface area contributed by atoms with Crippen LogP contribution in [0.3, 0.4) is 0 Å². The third-order valence-corrected chi connectivity index (χ3v) is 4.39. The van der Waals surface area contributed by atoms with Gasteiger partial charge in [0, 0.05) is 25.5 Å². The number of aromatic nitrogens is 5. The van der Waals surface area contributed by atoms with Crippen LogP contribution in [-0.2, 0) is 4.74 Å². The summed E-state index contributed by atoms with van der Waals surface area (Å²) in [6.45, 7) is 1.39. The number of hydrogen-bond acceptors (Lipinski definition) is 7. The average molecular weight is 393 g/mol. The predicted molar refractivity (Wildman–Crippen MR) is 93.5 cm³/mol. The number of amides is 1. The summed E-state index contributed by atoms with van der Waals surface area (Å²) in [6.07, 6.45) is 1.02. The van der Waals surface area contributed by atoms with Gasteiger partial charge in [-0.15, -0.1) is 0 Å². The van der Waals surface area contributed by atoms with E-state index in [1.807, 2.05) is 4.90 Å². The Hall–Kier alpha value is -3.12. The lowest BCUT2D eigenvalue weighted by molar-refractivity contribution is 0.00337.